The van der Waals surface area contributed by atoms with E-state index in [4.69, 9.17) is 0 Å². The molecule has 2 rings (SSSR count). The predicted molar refractivity (Wildman–Crippen MR) is 87.2 cm³/mol. The van der Waals surface area contributed by atoms with Crippen molar-refractivity contribution in [2.45, 2.75) is 64.0 Å². The first-order valence-electron chi connectivity index (χ1n) is 8.27. The van der Waals surface area contributed by atoms with Crippen LogP contribution in [0.15, 0.2) is 30.3 Å². The van der Waals surface area contributed by atoms with Crippen molar-refractivity contribution in [2.24, 2.45) is 0 Å². The third-order valence-electron chi connectivity index (χ3n) is 4.49. The van der Waals surface area contributed by atoms with Gasteiger partial charge in [0.2, 0.25) is 0 Å². The van der Waals surface area contributed by atoms with Gasteiger partial charge in [-0.2, -0.15) is 0 Å². The summed E-state index contributed by atoms with van der Waals surface area (Å²) in [7, 11) is 0. The Kier molecular flexibility index (Phi) is 6.55. The van der Waals surface area contributed by atoms with Crippen molar-refractivity contribution in [1.82, 2.24) is 10.6 Å². The summed E-state index contributed by atoms with van der Waals surface area (Å²) in [5, 5.41) is 7.33. The van der Waals surface area contributed by atoms with Crippen LogP contribution in [-0.2, 0) is 0 Å². The molecule has 3 unspecified atom stereocenters. The molecular weight excluding hydrogens is 244 g/mol. The highest BCUT2D eigenvalue weighted by Gasteiger charge is 2.15. The lowest BCUT2D eigenvalue weighted by Crippen LogP contribution is -2.40. The van der Waals surface area contributed by atoms with Crippen molar-refractivity contribution in [3.63, 3.8) is 0 Å². The summed E-state index contributed by atoms with van der Waals surface area (Å²) in [5.41, 5.74) is 1.45. The van der Waals surface area contributed by atoms with E-state index in [9.17, 15) is 0 Å². The van der Waals surface area contributed by atoms with E-state index in [2.05, 4.69) is 54.8 Å². The van der Waals surface area contributed by atoms with Gasteiger partial charge in [-0.05, 0) is 57.2 Å². The molecule has 1 heterocycles. The second-order valence-corrected chi connectivity index (χ2v) is 6.34. The van der Waals surface area contributed by atoms with Gasteiger partial charge in [0.25, 0.3) is 0 Å². The molecule has 0 radical (unpaired) electrons. The Labute approximate surface area is 124 Å². The van der Waals surface area contributed by atoms with Gasteiger partial charge in [-0.1, -0.05) is 43.7 Å². The highest BCUT2D eigenvalue weighted by atomic mass is 15.0. The van der Waals surface area contributed by atoms with E-state index in [1.807, 2.05) is 0 Å². The van der Waals surface area contributed by atoms with E-state index in [0.29, 0.717) is 12.0 Å². The molecular formula is C18H30N2. The van der Waals surface area contributed by atoms with E-state index in [0.717, 1.165) is 12.6 Å². The number of hydrogen-bond donors (Lipinski definition) is 2. The van der Waals surface area contributed by atoms with Gasteiger partial charge in [-0.15, -0.1) is 0 Å². The lowest BCUT2D eigenvalue weighted by molar-refractivity contribution is 0.343. The maximum Gasteiger partial charge on any atom is 0.00817 e. The Balaban J connectivity index is 1.62. The fourth-order valence-corrected chi connectivity index (χ4v) is 3.13. The summed E-state index contributed by atoms with van der Waals surface area (Å²) >= 11 is 0. The molecule has 2 heteroatoms. The topological polar surface area (TPSA) is 24.1 Å². The van der Waals surface area contributed by atoms with Gasteiger partial charge in [0.1, 0.15) is 0 Å². The molecule has 1 aliphatic rings. The van der Waals surface area contributed by atoms with E-state index in [-0.39, 0.29) is 0 Å². The molecule has 20 heavy (non-hydrogen) atoms. The van der Waals surface area contributed by atoms with Crippen molar-refractivity contribution in [3.8, 4) is 0 Å². The fraction of sp³-hybridized carbons (Fsp3) is 0.667. The first kappa shape index (κ1) is 15.5. The summed E-state index contributed by atoms with van der Waals surface area (Å²) in [6.45, 7) is 6.97. The van der Waals surface area contributed by atoms with Crippen molar-refractivity contribution in [2.75, 3.05) is 13.1 Å². The first-order chi connectivity index (χ1) is 9.75. The summed E-state index contributed by atoms with van der Waals surface area (Å²) < 4.78 is 0. The molecule has 0 bridgehead atoms. The second kappa shape index (κ2) is 8.43. The average Bonchev–Trinajstić information content (AvgIpc) is 2.49. The van der Waals surface area contributed by atoms with E-state index >= 15 is 0 Å². The number of nitrogens with one attached hydrogen (secondary N) is 2. The zero-order valence-corrected chi connectivity index (χ0v) is 13.1. The van der Waals surface area contributed by atoms with Crippen LogP contribution in [0.3, 0.4) is 0 Å². The van der Waals surface area contributed by atoms with Gasteiger partial charge in [0.05, 0.1) is 0 Å². The normalized spacial score (nSPS) is 22.4. The maximum absolute atomic E-state index is 3.69. The zero-order valence-electron chi connectivity index (χ0n) is 13.1. The highest BCUT2D eigenvalue weighted by molar-refractivity contribution is 5.18. The molecule has 1 fully saturated rings. The third kappa shape index (κ3) is 5.26. The molecule has 0 amide bonds. The Morgan fingerprint density at radius 3 is 2.70 bits per heavy atom. The Hall–Kier alpha value is -0.860. The lowest BCUT2D eigenvalue weighted by atomic mass is 9.97. The Morgan fingerprint density at radius 2 is 2.00 bits per heavy atom. The minimum atomic E-state index is 0.619. The van der Waals surface area contributed by atoms with Crippen LogP contribution in [0.5, 0.6) is 0 Å². The summed E-state index contributed by atoms with van der Waals surface area (Å²) in [5.74, 6) is 0.642. The molecule has 1 aromatic carbocycles. The minimum absolute atomic E-state index is 0.619. The minimum Gasteiger partial charge on any atom is -0.314 e. The van der Waals surface area contributed by atoms with Crippen LogP contribution >= 0.6 is 0 Å². The van der Waals surface area contributed by atoms with Crippen LogP contribution in [-0.4, -0.2) is 25.2 Å². The van der Waals surface area contributed by atoms with Gasteiger partial charge >= 0.3 is 0 Å². The van der Waals surface area contributed by atoms with E-state index < -0.39 is 0 Å². The zero-order chi connectivity index (χ0) is 14.2. The molecule has 0 aromatic heterocycles. The third-order valence-corrected chi connectivity index (χ3v) is 4.49. The van der Waals surface area contributed by atoms with Crippen molar-refractivity contribution < 1.29 is 0 Å². The summed E-state index contributed by atoms with van der Waals surface area (Å²) in [4.78, 5) is 0. The average molecular weight is 274 g/mol. The molecule has 112 valence electrons. The van der Waals surface area contributed by atoms with Gasteiger partial charge < -0.3 is 10.6 Å². The highest BCUT2D eigenvalue weighted by Crippen LogP contribution is 2.18. The maximum atomic E-state index is 3.69. The van der Waals surface area contributed by atoms with Crippen LogP contribution in [0.25, 0.3) is 0 Å². The number of piperidine rings is 1. The van der Waals surface area contributed by atoms with Crippen molar-refractivity contribution in [3.05, 3.63) is 35.9 Å². The number of rotatable bonds is 7. The molecule has 2 N–H and O–H groups in total. The molecule has 0 spiro atoms. The monoisotopic (exact) mass is 274 g/mol. The fourth-order valence-electron chi connectivity index (χ4n) is 3.13. The van der Waals surface area contributed by atoms with Crippen molar-refractivity contribution >= 4 is 0 Å². The predicted octanol–water partition coefficient (Wildman–Crippen LogP) is 3.69. The number of hydrogen-bond acceptors (Lipinski definition) is 2. The Morgan fingerprint density at radius 1 is 1.20 bits per heavy atom. The molecule has 0 aliphatic carbocycles. The Bertz CT molecular complexity index is 357. The first-order valence-corrected chi connectivity index (χ1v) is 8.27. The van der Waals surface area contributed by atoms with Crippen LogP contribution in [0.1, 0.15) is 57.4 Å². The second-order valence-electron chi connectivity index (χ2n) is 6.34. The molecule has 2 nitrogen and oxygen atoms in total. The van der Waals surface area contributed by atoms with Gasteiger partial charge in [0, 0.05) is 12.1 Å². The van der Waals surface area contributed by atoms with Crippen LogP contribution in [0.4, 0.5) is 0 Å². The lowest BCUT2D eigenvalue weighted by Gasteiger charge is -2.27. The largest absolute Gasteiger partial charge is 0.314 e. The molecule has 1 aromatic rings. The quantitative estimate of drug-likeness (QED) is 0.792. The smallest absolute Gasteiger partial charge is 0.00817 e. The summed E-state index contributed by atoms with van der Waals surface area (Å²) in [6, 6.07) is 12.2. The van der Waals surface area contributed by atoms with Gasteiger partial charge in [-0.3, -0.25) is 0 Å². The molecule has 0 saturated carbocycles. The standard InChI is InChI=1S/C18H30N2/c1-15(17-8-4-3-5-9-17)11-13-19-16(2)14-18-10-6-7-12-20-18/h3-5,8-9,15-16,18-20H,6-7,10-14H2,1-2H3. The van der Waals surface area contributed by atoms with Crippen LogP contribution < -0.4 is 10.6 Å². The van der Waals surface area contributed by atoms with Gasteiger partial charge in [-0.25, -0.2) is 0 Å². The molecule has 1 aliphatic heterocycles. The van der Waals surface area contributed by atoms with Crippen LogP contribution in [0, 0.1) is 0 Å². The van der Waals surface area contributed by atoms with E-state index in [1.165, 1.54) is 44.2 Å². The molecule has 1 saturated heterocycles. The van der Waals surface area contributed by atoms with Crippen LogP contribution in [0.2, 0.25) is 0 Å². The number of benzene rings is 1. The SMILES string of the molecule is CC(CC1CCCCN1)NCCC(C)c1ccccc1. The summed E-state index contributed by atoms with van der Waals surface area (Å²) in [6.07, 6.45) is 6.58. The molecule has 3 atom stereocenters. The van der Waals surface area contributed by atoms with Gasteiger partial charge in [0.15, 0.2) is 0 Å². The van der Waals surface area contributed by atoms with Crippen molar-refractivity contribution in [1.29, 1.82) is 0 Å². The van der Waals surface area contributed by atoms with E-state index in [1.54, 1.807) is 0 Å².